The van der Waals surface area contributed by atoms with Crippen molar-refractivity contribution >= 4 is 21.6 Å². The highest BCUT2D eigenvalue weighted by Gasteiger charge is 2.12. The van der Waals surface area contributed by atoms with E-state index >= 15 is 0 Å². The first-order valence-corrected chi connectivity index (χ1v) is 7.06. The van der Waals surface area contributed by atoms with Gasteiger partial charge in [-0.2, -0.15) is 5.26 Å². The fourth-order valence-electron chi connectivity index (χ4n) is 1.96. The van der Waals surface area contributed by atoms with Crippen LogP contribution in [0, 0.1) is 18.3 Å². The molecule has 0 atom stereocenters. The Balaban J connectivity index is 2.29. The first-order chi connectivity index (χ1) is 10.1. The molecule has 2 aromatic rings. The summed E-state index contributed by atoms with van der Waals surface area (Å²) in [4.78, 5) is 4.01. The Kier molecular flexibility index (Phi) is 4.78. The van der Waals surface area contributed by atoms with Crippen LogP contribution in [0.3, 0.4) is 0 Å². The molecule has 0 spiro atoms. The molecule has 2 rings (SSSR count). The molecule has 5 nitrogen and oxygen atoms in total. The van der Waals surface area contributed by atoms with E-state index in [-0.39, 0.29) is 12.4 Å². The van der Waals surface area contributed by atoms with Gasteiger partial charge in [0, 0.05) is 28.3 Å². The number of aliphatic hydroxyl groups is 1. The number of nitriles is 1. The van der Waals surface area contributed by atoms with Crippen LogP contribution < -0.4 is 5.32 Å². The second-order valence-electron chi connectivity index (χ2n) is 4.51. The molecule has 0 unspecified atom stereocenters. The number of anilines is 1. The molecule has 6 heteroatoms. The molecule has 1 heterocycles. The van der Waals surface area contributed by atoms with Gasteiger partial charge in [-0.3, -0.25) is 4.98 Å². The molecule has 0 radical (unpaired) electrons. The number of benzene rings is 1. The van der Waals surface area contributed by atoms with Gasteiger partial charge in [-0.25, -0.2) is 0 Å². The number of aromatic nitrogens is 1. The van der Waals surface area contributed by atoms with Gasteiger partial charge in [0.2, 0.25) is 0 Å². The second kappa shape index (κ2) is 6.57. The van der Waals surface area contributed by atoms with Crippen molar-refractivity contribution in [3.8, 4) is 11.8 Å². The van der Waals surface area contributed by atoms with Crippen molar-refractivity contribution in [2.75, 3.05) is 5.32 Å². The van der Waals surface area contributed by atoms with Crippen LogP contribution >= 0.6 is 15.9 Å². The Morgan fingerprint density at radius 3 is 2.86 bits per heavy atom. The monoisotopic (exact) mass is 347 g/mol. The molecule has 1 aromatic carbocycles. The van der Waals surface area contributed by atoms with Crippen molar-refractivity contribution in [1.82, 2.24) is 4.98 Å². The molecule has 0 fully saturated rings. The van der Waals surface area contributed by atoms with Crippen molar-refractivity contribution < 1.29 is 10.2 Å². The van der Waals surface area contributed by atoms with Gasteiger partial charge >= 0.3 is 0 Å². The van der Waals surface area contributed by atoms with E-state index < -0.39 is 0 Å². The van der Waals surface area contributed by atoms with Gasteiger partial charge in [0.25, 0.3) is 0 Å². The van der Waals surface area contributed by atoms with E-state index in [9.17, 15) is 10.2 Å². The van der Waals surface area contributed by atoms with Gasteiger partial charge in [-0.15, -0.1) is 0 Å². The highest BCUT2D eigenvalue weighted by Crippen LogP contribution is 2.26. The zero-order valence-corrected chi connectivity index (χ0v) is 13.0. The van der Waals surface area contributed by atoms with Crippen LogP contribution in [0.15, 0.2) is 28.9 Å². The molecule has 108 valence electrons. The number of hydrogen-bond donors (Lipinski definition) is 3. The molecule has 0 bridgehead atoms. The number of halogens is 1. The van der Waals surface area contributed by atoms with Crippen molar-refractivity contribution in [3.63, 3.8) is 0 Å². The van der Waals surface area contributed by atoms with Gasteiger partial charge in [0.1, 0.15) is 11.8 Å². The lowest BCUT2D eigenvalue weighted by molar-refractivity contribution is 0.279. The lowest BCUT2D eigenvalue weighted by Gasteiger charge is -2.14. The maximum atomic E-state index is 10.1. The van der Waals surface area contributed by atoms with E-state index in [0.29, 0.717) is 34.6 Å². The Morgan fingerprint density at radius 2 is 2.19 bits per heavy atom. The number of pyridine rings is 1. The first-order valence-electron chi connectivity index (χ1n) is 6.27. The summed E-state index contributed by atoms with van der Waals surface area (Å²) in [5.74, 6) is 0.0599. The third kappa shape index (κ3) is 3.32. The topological polar surface area (TPSA) is 89.2 Å². The van der Waals surface area contributed by atoms with Crippen LogP contribution in [-0.4, -0.2) is 15.2 Å². The molecule has 1 aromatic heterocycles. The van der Waals surface area contributed by atoms with E-state index in [4.69, 9.17) is 5.26 Å². The number of aromatic hydroxyl groups is 1. The van der Waals surface area contributed by atoms with E-state index in [0.717, 1.165) is 4.47 Å². The molecule has 0 saturated heterocycles. The predicted octanol–water partition coefficient (Wildman–Crippen LogP) is 2.83. The number of hydrogen-bond acceptors (Lipinski definition) is 5. The van der Waals surface area contributed by atoms with Crippen LogP contribution in [0.5, 0.6) is 5.75 Å². The summed E-state index contributed by atoms with van der Waals surface area (Å²) in [6.45, 7) is 1.78. The van der Waals surface area contributed by atoms with E-state index in [2.05, 4.69) is 32.3 Å². The number of nitrogens with zero attached hydrogens (tertiary/aromatic N) is 2. The Morgan fingerprint density at radius 1 is 1.43 bits per heavy atom. The fraction of sp³-hybridized carbons (Fsp3) is 0.200. The zero-order chi connectivity index (χ0) is 15.4. The molecule has 3 N–H and O–H groups in total. The maximum absolute atomic E-state index is 10.1. The van der Waals surface area contributed by atoms with Crippen LogP contribution in [0.4, 0.5) is 5.69 Å². The molecule has 0 saturated carbocycles. The van der Waals surface area contributed by atoms with Gasteiger partial charge < -0.3 is 15.5 Å². The molecule has 21 heavy (non-hydrogen) atoms. The van der Waals surface area contributed by atoms with Crippen molar-refractivity contribution in [3.05, 3.63) is 51.3 Å². The SMILES string of the molecule is Cc1ncc(CO)c(CNc2ccc(Br)cc2C#N)c1O. The number of rotatable bonds is 4. The second-order valence-corrected chi connectivity index (χ2v) is 5.43. The van der Waals surface area contributed by atoms with Gasteiger partial charge in [0.15, 0.2) is 0 Å². The quantitative estimate of drug-likeness (QED) is 0.791. The van der Waals surface area contributed by atoms with Crippen molar-refractivity contribution in [2.24, 2.45) is 0 Å². The smallest absolute Gasteiger partial charge is 0.142 e. The predicted molar refractivity (Wildman–Crippen MR) is 82.7 cm³/mol. The standard InChI is InChI=1S/C15H14BrN3O2/c1-9-15(21)13(11(8-20)6-18-9)7-19-14-3-2-12(16)4-10(14)5-17/h2-4,6,19-21H,7-8H2,1H3. The largest absolute Gasteiger partial charge is 0.506 e. The van der Waals surface area contributed by atoms with Gasteiger partial charge in [-0.05, 0) is 25.1 Å². The Bertz CT molecular complexity index is 711. The summed E-state index contributed by atoms with van der Waals surface area (Å²) in [6, 6.07) is 7.44. The lowest BCUT2D eigenvalue weighted by Crippen LogP contribution is -2.06. The number of aliphatic hydroxyl groups excluding tert-OH is 1. The van der Waals surface area contributed by atoms with Gasteiger partial charge in [0.05, 0.1) is 23.6 Å². The summed E-state index contributed by atoms with van der Waals surface area (Å²) in [5, 5.41) is 31.6. The molecule has 0 aliphatic carbocycles. The number of nitrogens with one attached hydrogen (secondary N) is 1. The minimum absolute atomic E-state index is 0.0599. The Hall–Kier alpha value is -2.10. The van der Waals surface area contributed by atoms with Crippen molar-refractivity contribution in [1.29, 1.82) is 5.26 Å². The zero-order valence-electron chi connectivity index (χ0n) is 11.4. The average Bonchev–Trinajstić information content (AvgIpc) is 2.49. The van der Waals surface area contributed by atoms with Crippen molar-refractivity contribution in [2.45, 2.75) is 20.1 Å². The van der Waals surface area contributed by atoms with Crippen LogP contribution in [0.2, 0.25) is 0 Å². The minimum Gasteiger partial charge on any atom is -0.506 e. The van der Waals surface area contributed by atoms with Crippen LogP contribution in [0.25, 0.3) is 0 Å². The average molecular weight is 348 g/mol. The summed E-state index contributed by atoms with van der Waals surface area (Å²) < 4.78 is 0.822. The van der Waals surface area contributed by atoms with E-state index in [1.54, 1.807) is 25.3 Å². The lowest BCUT2D eigenvalue weighted by atomic mass is 10.1. The highest BCUT2D eigenvalue weighted by molar-refractivity contribution is 9.10. The summed E-state index contributed by atoms with van der Waals surface area (Å²) in [7, 11) is 0. The van der Waals surface area contributed by atoms with Crippen LogP contribution in [0.1, 0.15) is 22.4 Å². The van der Waals surface area contributed by atoms with Crippen LogP contribution in [-0.2, 0) is 13.2 Å². The molecular formula is C15H14BrN3O2. The molecule has 0 aliphatic rings. The maximum Gasteiger partial charge on any atom is 0.142 e. The molecule has 0 amide bonds. The number of aryl methyl sites for hydroxylation is 1. The summed E-state index contributed by atoms with van der Waals surface area (Å²) in [6.07, 6.45) is 1.54. The third-order valence-electron chi connectivity index (χ3n) is 3.16. The molecular weight excluding hydrogens is 334 g/mol. The van der Waals surface area contributed by atoms with Gasteiger partial charge in [-0.1, -0.05) is 15.9 Å². The minimum atomic E-state index is -0.205. The first kappa shape index (κ1) is 15.3. The Labute approximate surface area is 131 Å². The fourth-order valence-corrected chi connectivity index (χ4v) is 2.33. The normalized spacial score (nSPS) is 10.2. The molecule has 0 aliphatic heterocycles. The third-order valence-corrected chi connectivity index (χ3v) is 3.65. The van der Waals surface area contributed by atoms with E-state index in [1.165, 1.54) is 0 Å². The van der Waals surface area contributed by atoms with E-state index in [1.807, 2.05) is 6.07 Å². The highest BCUT2D eigenvalue weighted by atomic mass is 79.9. The summed E-state index contributed by atoms with van der Waals surface area (Å²) in [5.41, 5.74) is 2.80. The summed E-state index contributed by atoms with van der Waals surface area (Å²) >= 11 is 3.32.